The molecule has 0 bridgehead atoms. The van der Waals surface area contributed by atoms with Gasteiger partial charge in [0.1, 0.15) is 0 Å². The van der Waals surface area contributed by atoms with Gasteiger partial charge in [-0.15, -0.1) is 11.6 Å². The molecule has 100 valence electrons. The number of morpholine rings is 1. The first-order valence-electron chi connectivity index (χ1n) is 6.01. The van der Waals surface area contributed by atoms with Crippen molar-refractivity contribution in [2.75, 3.05) is 32.2 Å². The van der Waals surface area contributed by atoms with Crippen molar-refractivity contribution < 1.29 is 13.2 Å². The molecule has 2 fully saturated rings. The first kappa shape index (κ1) is 13.5. The summed E-state index contributed by atoms with van der Waals surface area (Å²) in [5, 5.41) is 0. The summed E-state index contributed by atoms with van der Waals surface area (Å²) in [5.41, 5.74) is -0.432. The summed E-state index contributed by atoms with van der Waals surface area (Å²) in [5.74, 6) is 0.344. The molecule has 0 aromatic rings. The molecule has 0 unspecified atom stereocenters. The van der Waals surface area contributed by atoms with E-state index < -0.39 is 15.7 Å². The summed E-state index contributed by atoms with van der Waals surface area (Å²) < 4.78 is 33.8. The molecule has 1 aliphatic carbocycles. The predicted octanol–water partition coefficient (Wildman–Crippen LogP) is 0.705. The van der Waals surface area contributed by atoms with E-state index in [-0.39, 0.29) is 0 Å². The van der Waals surface area contributed by atoms with E-state index in [0.29, 0.717) is 32.2 Å². The number of ether oxygens (including phenoxy) is 1. The van der Waals surface area contributed by atoms with Gasteiger partial charge in [0.2, 0.25) is 0 Å². The van der Waals surface area contributed by atoms with E-state index in [2.05, 4.69) is 4.72 Å². The van der Waals surface area contributed by atoms with Crippen molar-refractivity contribution in [1.29, 1.82) is 0 Å². The molecule has 1 aliphatic heterocycles. The largest absolute Gasteiger partial charge is 0.379 e. The molecule has 0 atom stereocenters. The summed E-state index contributed by atoms with van der Waals surface area (Å²) in [4.78, 5) is 0. The fourth-order valence-electron chi connectivity index (χ4n) is 2.44. The Morgan fingerprint density at radius 3 is 2.35 bits per heavy atom. The molecule has 0 amide bonds. The lowest BCUT2D eigenvalue weighted by Gasteiger charge is -2.33. The van der Waals surface area contributed by atoms with Crippen LogP contribution in [0.3, 0.4) is 0 Å². The van der Waals surface area contributed by atoms with Crippen molar-refractivity contribution in [2.45, 2.75) is 31.2 Å². The average molecular weight is 283 g/mol. The molecule has 1 saturated heterocycles. The van der Waals surface area contributed by atoms with Crippen LogP contribution in [0.5, 0.6) is 0 Å². The Morgan fingerprint density at radius 1 is 1.24 bits per heavy atom. The lowest BCUT2D eigenvalue weighted by atomic mass is 10.0. The number of hydrogen-bond donors (Lipinski definition) is 1. The lowest BCUT2D eigenvalue weighted by Crippen LogP contribution is -2.55. The van der Waals surface area contributed by atoms with Gasteiger partial charge < -0.3 is 4.74 Å². The third kappa shape index (κ3) is 3.12. The highest BCUT2D eigenvalue weighted by atomic mass is 35.5. The zero-order valence-corrected chi connectivity index (χ0v) is 11.4. The predicted molar refractivity (Wildman–Crippen MR) is 66.4 cm³/mol. The minimum absolute atomic E-state index is 0.344. The molecule has 0 spiro atoms. The van der Waals surface area contributed by atoms with Crippen LogP contribution in [-0.2, 0) is 14.9 Å². The first-order valence-corrected chi connectivity index (χ1v) is 7.98. The van der Waals surface area contributed by atoms with Gasteiger partial charge >= 0.3 is 0 Å². The van der Waals surface area contributed by atoms with Crippen LogP contribution in [-0.4, -0.2) is 50.4 Å². The summed E-state index contributed by atoms with van der Waals surface area (Å²) in [6.45, 7) is 1.78. The van der Waals surface area contributed by atoms with E-state index in [1.807, 2.05) is 0 Å². The van der Waals surface area contributed by atoms with Gasteiger partial charge in [0.05, 0.1) is 13.2 Å². The Kier molecular flexibility index (Phi) is 4.31. The minimum Gasteiger partial charge on any atom is -0.379 e. The molecule has 0 aromatic heterocycles. The number of rotatable bonds is 4. The maximum atomic E-state index is 12.2. The van der Waals surface area contributed by atoms with Crippen molar-refractivity contribution in [2.24, 2.45) is 0 Å². The summed E-state index contributed by atoms with van der Waals surface area (Å²) in [6.07, 6.45) is 3.75. The second kappa shape index (κ2) is 5.40. The van der Waals surface area contributed by atoms with E-state index >= 15 is 0 Å². The highest BCUT2D eigenvalue weighted by Crippen LogP contribution is 2.31. The van der Waals surface area contributed by atoms with Crippen molar-refractivity contribution >= 4 is 21.8 Å². The molecule has 1 N–H and O–H groups in total. The Labute approximate surface area is 108 Å². The highest BCUT2D eigenvalue weighted by molar-refractivity contribution is 7.87. The Bertz CT molecular complexity index is 349. The van der Waals surface area contributed by atoms with Crippen molar-refractivity contribution in [3.05, 3.63) is 0 Å². The van der Waals surface area contributed by atoms with Gasteiger partial charge in [-0.1, -0.05) is 12.8 Å². The van der Waals surface area contributed by atoms with Crippen LogP contribution < -0.4 is 4.72 Å². The van der Waals surface area contributed by atoms with Crippen LogP contribution >= 0.6 is 11.6 Å². The monoisotopic (exact) mass is 282 g/mol. The maximum absolute atomic E-state index is 12.2. The van der Waals surface area contributed by atoms with Crippen LogP contribution in [0.1, 0.15) is 25.7 Å². The molecule has 0 radical (unpaired) electrons. The molecule has 0 aromatic carbocycles. The van der Waals surface area contributed by atoms with E-state index in [4.69, 9.17) is 16.3 Å². The molecular formula is C10H19ClN2O3S. The van der Waals surface area contributed by atoms with Gasteiger partial charge in [0.15, 0.2) is 0 Å². The van der Waals surface area contributed by atoms with Gasteiger partial charge in [0, 0.05) is 24.5 Å². The zero-order valence-electron chi connectivity index (χ0n) is 9.82. The number of nitrogens with zero attached hydrogens (tertiary/aromatic N) is 1. The fourth-order valence-corrected chi connectivity index (χ4v) is 4.44. The molecule has 1 heterocycles. The quantitative estimate of drug-likeness (QED) is 0.773. The van der Waals surface area contributed by atoms with E-state index in [1.54, 1.807) is 0 Å². The van der Waals surface area contributed by atoms with Gasteiger partial charge in [-0.25, -0.2) is 0 Å². The van der Waals surface area contributed by atoms with Crippen molar-refractivity contribution in [3.8, 4) is 0 Å². The van der Waals surface area contributed by atoms with Crippen LogP contribution in [0.25, 0.3) is 0 Å². The van der Waals surface area contributed by atoms with Gasteiger partial charge in [0.25, 0.3) is 10.2 Å². The number of alkyl halides is 1. The van der Waals surface area contributed by atoms with Crippen LogP contribution in [0.4, 0.5) is 0 Å². The van der Waals surface area contributed by atoms with Gasteiger partial charge in [-0.3, -0.25) is 0 Å². The molecule has 17 heavy (non-hydrogen) atoms. The standard InChI is InChI=1S/C10H19ClN2O3S/c11-9-10(3-1-2-4-10)12-17(14,15)13-5-7-16-8-6-13/h12H,1-9H2. The van der Waals surface area contributed by atoms with E-state index in [1.165, 1.54) is 4.31 Å². The second-order valence-corrected chi connectivity index (χ2v) is 6.68. The van der Waals surface area contributed by atoms with Crippen LogP contribution in [0.2, 0.25) is 0 Å². The SMILES string of the molecule is O=S(=O)(NC1(CCl)CCCC1)N1CCOCC1. The first-order chi connectivity index (χ1) is 8.08. The molecule has 1 saturated carbocycles. The Hall–Kier alpha value is 0.120. The number of nitrogens with one attached hydrogen (secondary N) is 1. The van der Waals surface area contributed by atoms with Gasteiger partial charge in [-0.2, -0.15) is 17.4 Å². The summed E-state index contributed by atoms with van der Waals surface area (Å²) >= 11 is 5.94. The highest BCUT2D eigenvalue weighted by Gasteiger charge is 2.39. The minimum atomic E-state index is -3.42. The summed E-state index contributed by atoms with van der Waals surface area (Å²) in [6, 6.07) is 0. The van der Waals surface area contributed by atoms with Crippen LogP contribution in [0, 0.1) is 0 Å². The molecule has 2 aliphatic rings. The topological polar surface area (TPSA) is 58.6 Å². The molecule has 5 nitrogen and oxygen atoms in total. The third-order valence-electron chi connectivity index (χ3n) is 3.47. The number of hydrogen-bond acceptors (Lipinski definition) is 3. The van der Waals surface area contributed by atoms with Crippen molar-refractivity contribution in [1.82, 2.24) is 9.03 Å². The maximum Gasteiger partial charge on any atom is 0.280 e. The normalized spacial score (nSPS) is 26.2. The molecular weight excluding hydrogens is 264 g/mol. The van der Waals surface area contributed by atoms with Gasteiger partial charge in [-0.05, 0) is 12.8 Å². The van der Waals surface area contributed by atoms with Crippen LogP contribution in [0.15, 0.2) is 0 Å². The third-order valence-corrected chi connectivity index (χ3v) is 5.72. The fraction of sp³-hybridized carbons (Fsp3) is 1.00. The zero-order chi connectivity index (χ0) is 12.4. The molecule has 2 rings (SSSR count). The van der Waals surface area contributed by atoms with Crippen molar-refractivity contribution in [3.63, 3.8) is 0 Å². The van der Waals surface area contributed by atoms with E-state index in [9.17, 15) is 8.42 Å². The smallest absolute Gasteiger partial charge is 0.280 e. The Morgan fingerprint density at radius 2 is 1.82 bits per heavy atom. The average Bonchev–Trinajstić information content (AvgIpc) is 2.79. The lowest BCUT2D eigenvalue weighted by molar-refractivity contribution is 0.0720. The van der Waals surface area contributed by atoms with E-state index in [0.717, 1.165) is 25.7 Å². The second-order valence-electron chi connectivity index (χ2n) is 4.74. The Balaban J connectivity index is 2.05. The summed E-state index contributed by atoms with van der Waals surface area (Å²) in [7, 11) is -3.42. The number of halogens is 1. The molecule has 7 heteroatoms.